The van der Waals surface area contributed by atoms with Crippen LogP contribution in [0.5, 0.6) is 0 Å². The number of amides is 1. The fourth-order valence-electron chi connectivity index (χ4n) is 3.58. The Hall–Kier alpha value is -4.59. The van der Waals surface area contributed by atoms with Crippen LogP contribution in [0.15, 0.2) is 96.1 Å². The number of nitrogens with zero attached hydrogens (tertiary/aromatic N) is 4. The SMILES string of the molecule is O=C(Nc1cc(=O)[nH]c2nc(-c3cccnc3)nn12)C(c1ccccc1)c1ccccc1. The van der Waals surface area contributed by atoms with Gasteiger partial charge in [-0.15, -0.1) is 5.10 Å². The molecule has 0 bridgehead atoms. The molecular formula is C24H18N6O2. The minimum Gasteiger partial charge on any atom is -0.310 e. The summed E-state index contributed by atoms with van der Waals surface area (Å²) in [6, 6.07) is 23.9. The second-order valence-electron chi connectivity index (χ2n) is 7.17. The van der Waals surface area contributed by atoms with Gasteiger partial charge >= 0.3 is 0 Å². The second-order valence-corrected chi connectivity index (χ2v) is 7.17. The number of nitrogens with one attached hydrogen (secondary N) is 2. The van der Waals surface area contributed by atoms with E-state index in [0.717, 1.165) is 11.1 Å². The van der Waals surface area contributed by atoms with Gasteiger partial charge in [-0.05, 0) is 23.3 Å². The maximum atomic E-state index is 13.5. The first-order chi connectivity index (χ1) is 15.7. The summed E-state index contributed by atoms with van der Waals surface area (Å²) in [7, 11) is 0. The number of aromatic amines is 1. The van der Waals surface area contributed by atoms with Gasteiger partial charge in [-0.25, -0.2) is 0 Å². The Morgan fingerprint density at radius 3 is 2.25 bits per heavy atom. The van der Waals surface area contributed by atoms with E-state index >= 15 is 0 Å². The molecule has 3 heterocycles. The van der Waals surface area contributed by atoms with E-state index in [1.54, 1.807) is 18.5 Å². The quantitative estimate of drug-likeness (QED) is 0.452. The molecule has 0 saturated heterocycles. The third kappa shape index (κ3) is 3.77. The highest BCUT2D eigenvalue weighted by Crippen LogP contribution is 2.26. The molecule has 0 aliphatic carbocycles. The van der Waals surface area contributed by atoms with Crippen LogP contribution in [-0.2, 0) is 4.79 Å². The molecule has 156 valence electrons. The summed E-state index contributed by atoms with van der Waals surface area (Å²) in [6.45, 7) is 0. The molecule has 0 aliphatic heterocycles. The van der Waals surface area contributed by atoms with Crippen LogP contribution in [0.2, 0.25) is 0 Å². The van der Waals surface area contributed by atoms with Crippen molar-refractivity contribution >= 4 is 17.5 Å². The molecule has 8 nitrogen and oxygen atoms in total. The summed E-state index contributed by atoms with van der Waals surface area (Å²) in [5.74, 6) is -0.00484. The smallest absolute Gasteiger partial charge is 0.254 e. The topological polar surface area (TPSA) is 105 Å². The lowest BCUT2D eigenvalue weighted by Crippen LogP contribution is -2.25. The zero-order chi connectivity index (χ0) is 21.9. The van der Waals surface area contributed by atoms with Gasteiger partial charge in [0.25, 0.3) is 5.56 Å². The largest absolute Gasteiger partial charge is 0.310 e. The van der Waals surface area contributed by atoms with Crippen molar-refractivity contribution in [2.75, 3.05) is 5.32 Å². The van der Waals surface area contributed by atoms with E-state index in [9.17, 15) is 9.59 Å². The Kier molecular flexibility index (Phi) is 5.01. The van der Waals surface area contributed by atoms with Crippen molar-refractivity contribution in [1.29, 1.82) is 0 Å². The number of fused-ring (bicyclic) bond motifs is 1. The second kappa shape index (κ2) is 8.27. The van der Waals surface area contributed by atoms with E-state index in [-0.39, 0.29) is 17.5 Å². The zero-order valence-corrected chi connectivity index (χ0v) is 16.8. The van der Waals surface area contributed by atoms with Gasteiger partial charge in [0.15, 0.2) is 5.82 Å². The number of hydrogen-bond donors (Lipinski definition) is 2. The van der Waals surface area contributed by atoms with Crippen molar-refractivity contribution in [2.24, 2.45) is 0 Å². The number of carbonyl (C=O) groups excluding carboxylic acids is 1. The molecule has 0 unspecified atom stereocenters. The first kappa shape index (κ1) is 19.4. The Bertz CT molecular complexity index is 1390. The highest BCUT2D eigenvalue weighted by atomic mass is 16.2. The zero-order valence-electron chi connectivity index (χ0n) is 16.8. The van der Waals surface area contributed by atoms with E-state index in [1.807, 2.05) is 66.7 Å². The van der Waals surface area contributed by atoms with Crippen LogP contribution < -0.4 is 10.9 Å². The molecule has 0 atom stereocenters. The van der Waals surface area contributed by atoms with Gasteiger partial charge in [-0.2, -0.15) is 9.50 Å². The van der Waals surface area contributed by atoms with Crippen molar-refractivity contribution in [3.63, 3.8) is 0 Å². The molecule has 32 heavy (non-hydrogen) atoms. The average molecular weight is 422 g/mol. The van der Waals surface area contributed by atoms with Gasteiger partial charge in [-0.1, -0.05) is 60.7 Å². The van der Waals surface area contributed by atoms with Gasteiger partial charge in [0, 0.05) is 24.0 Å². The first-order valence-electron chi connectivity index (χ1n) is 10.0. The summed E-state index contributed by atoms with van der Waals surface area (Å²) >= 11 is 0. The molecule has 5 aromatic rings. The third-order valence-electron chi connectivity index (χ3n) is 5.04. The number of hydrogen-bond acceptors (Lipinski definition) is 5. The average Bonchev–Trinajstić information content (AvgIpc) is 3.25. The Labute approximate surface area is 182 Å². The van der Waals surface area contributed by atoms with Crippen molar-refractivity contribution in [3.05, 3.63) is 113 Å². The number of carbonyl (C=O) groups is 1. The van der Waals surface area contributed by atoms with Crippen LogP contribution in [0.3, 0.4) is 0 Å². The minimum absolute atomic E-state index is 0.225. The lowest BCUT2D eigenvalue weighted by molar-refractivity contribution is -0.116. The molecule has 2 aromatic carbocycles. The molecule has 0 aliphatic rings. The Morgan fingerprint density at radius 1 is 0.938 bits per heavy atom. The van der Waals surface area contributed by atoms with Gasteiger partial charge in [0.1, 0.15) is 5.82 Å². The van der Waals surface area contributed by atoms with E-state index in [0.29, 0.717) is 11.4 Å². The van der Waals surface area contributed by atoms with E-state index < -0.39 is 11.5 Å². The van der Waals surface area contributed by atoms with Crippen LogP contribution >= 0.6 is 0 Å². The van der Waals surface area contributed by atoms with Crippen LogP contribution in [0.25, 0.3) is 17.2 Å². The Morgan fingerprint density at radius 2 is 1.62 bits per heavy atom. The molecule has 3 aromatic heterocycles. The molecule has 1 amide bonds. The van der Waals surface area contributed by atoms with E-state index in [2.05, 4.69) is 25.4 Å². The van der Waals surface area contributed by atoms with Crippen molar-refractivity contribution in [3.8, 4) is 11.4 Å². The molecule has 0 fully saturated rings. The van der Waals surface area contributed by atoms with Crippen LogP contribution in [-0.4, -0.2) is 30.5 Å². The third-order valence-corrected chi connectivity index (χ3v) is 5.04. The van der Waals surface area contributed by atoms with E-state index in [1.165, 1.54) is 10.6 Å². The van der Waals surface area contributed by atoms with Crippen LogP contribution in [0.1, 0.15) is 17.0 Å². The number of rotatable bonds is 5. The molecule has 8 heteroatoms. The Balaban J connectivity index is 1.56. The maximum absolute atomic E-state index is 13.5. The lowest BCUT2D eigenvalue weighted by Gasteiger charge is -2.18. The van der Waals surface area contributed by atoms with Crippen molar-refractivity contribution in [1.82, 2.24) is 24.6 Å². The van der Waals surface area contributed by atoms with Gasteiger partial charge < -0.3 is 5.32 Å². The van der Waals surface area contributed by atoms with Crippen LogP contribution in [0.4, 0.5) is 5.82 Å². The summed E-state index contributed by atoms with van der Waals surface area (Å²) < 4.78 is 1.41. The lowest BCUT2D eigenvalue weighted by atomic mass is 9.90. The summed E-state index contributed by atoms with van der Waals surface area (Å²) in [4.78, 5) is 36.8. The molecule has 0 saturated carbocycles. The van der Waals surface area contributed by atoms with Crippen molar-refractivity contribution < 1.29 is 4.79 Å². The highest BCUT2D eigenvalue weighted by Gasteiger charge is 2.24. The fourth-order valence-corrected chi connectivity index (χ4v) is 3.58. The molecule has 5 rings (SSSR count). The first-order valence-corrected chi connectivity index (χ1v) is 10.0. The molecule has 2 N–H and O–H groups in total. The van der Waals surface area contributed by atoms with Crippen LogP contribution in [0, 0.1) is 0 Å². The molecule has 0 radical (unpaired) electrons. The molecule has 0 spiro atoms. The number of aromatic nitrogens is 5. The number of benzene rings is 2. The monoisotopic (exact) mass is 422 g/mol. The van der Waals surface area contributed by atoms with Gasteiger partial charge in [-0.3, -0.25) is 19.6 Å². The predicted molar refractivity (Wildman–Crippen MR) is 120 cm³/mol. The van der Waals surface area contributed by atoms with E-state index in [4.69, 9.17) is 0 Å². The number of H-pyrrole nitrogens is 1. The van der Waals surface area contributed by atoms with Gasteiger partial charge in [0.05, 0.1) is 5.92 Å². The van der Waals surface area contributed by atoms with Crippen molar-refractivity contribution in [2.45, 2.75) is 5.92 Å². The molecular weight excluding hydrogens is 404 g/mol. The minimum atomic E-state index is -0.562. The predicted octanol–water partition coefficient (Wildman–Crippen LogP) is 3.25. The normalized spacial score (nSPS) is 11.0. The number of pyridine rings is 1. The highest BCUT2D eigenvalue weighted by molar-refractivity contribution is 5.97. The van der Waals surface area contributed by atoms with Gasteiger partial charge in [0.2, 0.25) is 11.7 Å². The maximum Gasteiger partial charge on any atom is 0.254 e. The standard InChI is InChI=1S/C24H18N6O2/c31-20-14-19(30-24(27-20)28-22(29-30)18-12-7-13-25-15-18)26-23(32)21(16-8-3-1-4-9-16)17-10-5-2-6-11-17/h1-15,21H,(H,26,32)(H,27,28,29,31). The summed E-state index contributed by atoms with van der Waals surface area (Å²) in [5, 5.41) is 7.34. The summed E-state index contributed by atoms with van der Waals surface area (Å²) in [6.07, 6.45) is 3.28. The fraction of sp³-hybridized carbons (Fsp3) is 0.0417. The summed E-state index contributed by atoms with van der Waals surface area (Å²) in [5.41, 5.74) is 1.98. The number of anilines is 1.